The van der Waals surface area contributed by atoms with Crippen LogP contribution in [0.1, 0.15) is 64.9 Å². The first-order valence-electron chi connectivity index (χ1n) is 13.5. The van der Waals surface area contributed by atoms with Crippen molar-refractivity contribution in [2.75, 3.05) is 14.1 Å². The lowest BCUT2D eigenvalue weighted by atomic mass is 9.94. The molecule has 38 heavy (non-hydrogen) atoms. The summed E-state index contributed by atoms with van der Waals surface area (Å²) in [6.07, 6.45) is 7.14. The van der Waals surface area contributed by atoms with Gasteiger partial charge in [-0.25, -0.2) is 0 Å². The number of aryl methyl sites for hydroxylation is 1. The van der Waals surface area contributed by atoms with Gasteiger partial charge in [0.2, 0.25) is 0 Å². The largest absolute Gasteiger partial charge is 0.481 e. The molecule has 3 aromatic rings. The third-order valence-electron chi connectivity index (χ3n) is 7.01. The predicted octanol–water partition coefficient (Wildman–Crippen LogP) is 7.25. The Morgan fingerprint density at radius 2 is 1.42 bits per heavy atom. The summed E-state index contributed by atoms with van der Waals surface area (Å²) in [5.74, 6) is 0.592. The number of nitrogens with zero attached hydrogens (tertiary/aromatic N) is 1. The number of amides is 1. The summed E-state index contributed by atoms with van der Waals surface area (Å²) < 4.78 is 0. The molecule has 2 aliphatic rings. The van der Waals surface area contributed by atoms with Crippen molar-refractivity contribution in [2.24, 2.45) is 11.8 Å². The zero-order valence-electron chi connectivity index (χ0n) is 23.4. The van der Waals surface area contributed by atoms with E-state index < -0.39 is 5.97 Å². The summed E-state index contributed by atoms with van der Waals surface area (Å²) in [6.45, 7) is 6.04. The Morgan fingerprint density at radius 1 is 0.868 bits per heavy atom. The van der Waals surface area contributed by atoms with Crippen molar-refractivity contribution in [1.29, 1.82) is 0 Å². The number of benzene rings is 3. The second-order valence-electron chi connectivity index (χ2n) is 10.9. The SMILES string of the molecule is C1=C(C2Cc3ccccc3C2)Cc2ccccc21.CC(C)CCC(=O)O.Cc1ccc(C(=O)N(C)C)cc1. The summed E-state index contributed by atoms with van der Waals surface area (Å²) in [4.78, 5) is 22.9. The number of hydrogen-bond donors (Lipinski definition) is 1. The van der Waals surface area contributed by atoms with Gasteiger partial charge in [0.05, 0.1) is 0 Å². The van der Waals surface area contributed by atoms with Gasteiger partial charge < -0.3 is 10.0 Å². The molecule has 4 heteroatoms. The fraction of sp³-hybridized carbons (Fsp3) is 0.353. The Balaban J connectivity index is 0.000000174. The predicted molar refractivity (Wildman–Crippen MR) is 156 cm³/mol. The highest BCUT2D eigenvalue weighted by molar-refractivity contribution is 5.93. The lowest BCUT2D eigenvalue weighted by Gasteiger charge is -2.10. The van der Waals surface area contributed by atoms with Crippen LogP contribution in [-0.2, 0) is 24.1 Å². The summed E-state index contributed by atoms with van der Waals surface area (Å²) in [6, 6.07) is 25.3. The molecule has 0 aliphatic heterocycles. The van der Waals surface area contributed by atoms with Gasteiger partial charge in [-0.1, -0.05) is 91.7 Å². The first-order chi connectivity index (χ1) is 18.1. The fourth-order valence-corrected chi connectivity index (χ4v) is 4.76. The van der Waals surface area contributed by atoms with E-state index in [4.69, 9.17) is 5.11 Å². The van der Waals surface area contributed by atoms with Gasteiger partial charge in [-0.15, -0.1) is 0 Å². The highest BCUT2D eigenvalue weighted by Crippen LogP contribution is 2.37. The average molecular weight is 512 g/mol. The van der Waals surface area contributed by atoms with E-state index in [2.05, 4.69) is 54.6 Å². The Hall–Kier alpha value is -3.66. The minimum Gasteiger partial charge on any atom is -0.481 e. The van der Waals surface area contributed by atoms with Crippen molar-refractivity contribution >= 4 is 18.0 Å². The van der Waals surface area contributed by atoms with Crippen LogP contribution in [0.3, 0.4) is 0 Å². The lowest BCUT2D eigenvalue weighted by molar-refractivity contribution is -0.137. The van der Waals surface area contributed by atoms with Crippen molar-refractivity contribution in [3.05, 3.63) is 112 Å². The molecule has 0 saturated carbocycles. The highest BCUT2D eigenvalue weighted by atomic mass is 16.4. The van der Waals surface area contributed by atoms with Crippen LogP contribution in [0.5, 0.6) is 0 Å². The number of carboxylic acid groups (broad SMARTS) is 1. The molecular formula is C34H41NO3. The summed E-state index contributed by atoms with van der Waals surface area (Å²) in [7, 11) is 3.50. The van der Waals surface area contributed by atoms with Crippen LogP contribution in [0.2, 0.25) is 0 Å². The van der Waals surface area contributed by atoms with E-state index in [1.54, 1.807) is 35.7 Å². The summed E-state index contributed by atoms with van der Waals surface area (Å²) in [5, 5.41) is 8.16. The normalized spacial score (nSPS) is 13.4. The monoisotopic (exact) mass is 511 g/mol. The fourth-order valence-electron chi connectivity index (χ4n) is 4.76. The van der Waals surface area contributed by atoms with Crippen LogP contribution in [0.4, 0.5) is 0 Å². The number of carboxylic acids is 1. The lowest BCUT2D eigenvalue weighted by Crippen LogP contribution is -2.21. The van der Waals surface area contributed by atoms with Gasteiger partial charge in [0.1, 0.15) is 0 Å². The molecule has 0 heterocycles. The molecule has 4 nitrogen and oxygen atoms in total. The Bertz CT molecular complexity index is 1230. The maximum Gasteiger partial charge on any atom is 0.303 e. The molecule has 1 N–H and O–H groups in total. The number of carbonyl (C=O) groups is 2. The zero-order valence-corrected chi connectivity index (χ0v) is 23.4. The molecule has 5 rings (SSSR count). The Morgan fingerprint density at radius 3 is 1.89 bits per heavy atom. The van der Waals surface area contributed by atoms with Crippen LogP contribution in [0, 0.1) is 18.8 Å². The summed E-state index contributed by atoms with van der Waals surface area (Å²) in [5.41, 5.74) is 9.59. The number of fused-ring (bicyclic) bond motifs is 2. The van der Waals surface area contributed by atoms with E-state index in [-0.39, 0.29) is 5.91 Å². The number of carbonyl (C=O) groups excluding carboxylic acids is 1. The van der Waals surface area contributed by atoms with E-state index in [1.807, 2.05) is 45.0 Å². The molecule has 2 aliphatic carbocycles. The Kier molecular flexibility index (Phi) is 10.5. The van der Waals surface area contributed by atoms with Gasteiger partial charge >= 0.3 is 5.97 Å². The van der Waals surface area contributed by atoms with E-state index >= 15 is 0 Å². The molecule has 200 valence electrons. The maximum atomic E-state index is 11.4. The van der Waals surface area contributed by atoms with Crippen LogP contribution in [0.25, 0.3) is 6.08 Å². The van der Waals surface area contributed by atoms with Crippen LogP contribution in [0.15, 0.2) is 78.4 Å². The molecule has 0 radical (unpaired) electrons. The molecule has 0 aromatic heterocycles. The quantitative estimate of drug-likeness (QED) is 0.393. The standard InChI is InChI=1S/C18H16.C10H13NO.C6H12O2/c1-2-6-14-10-17(9-13(14)5-1)18-11-15-7-3-4-8-16(15)12-18;1-8-4-6-9(7-5-8)10(12)11(2)3;1-5(2)3-4-6(7)8/h1-9,18H,10-12H2;4-7H,1-3H3;5H,3-4H2,1-2H3,(H,7,8). The second-order valence-corrected chi connectivity index (χ2v) is 10.9. The minimum absolute atomic E-state index is 0.0509. The first kappa shape index (κ1) is 28.9. The van der Waals surface area contributed by atoms with Crippen molar-refractivity contribution in [3.8, 4) is 0 Å². The van der Waals surface area contributed by atoms with Crippen LogP contribution in [-0.4, -0.2) is 36.0 Å². The van der Waals surface area contributed by atoms with Crippen LogP contribution < -0.4 is 0 Å². The molecule has 1 amide bonds. The van der Waals surface area contributed by atoms with Gasteiger partial charge in [0, 0.05) is 26.1 Å². The van der Waals surface area contributed by atoms with E-state index in [9.17, 15) is 9.59 Å². The van der Waals surface area contributed by atoms with Crippen molar-refractivity contribution in [2.45, 2.75) is 52.9 Å². The van der Waals surface area contributed by atoms with Crippen molar-refractivity contribution in [1.82, 2.24) is 4.90 Å². The molecular weight excluding hydrogens is 470 g/mol. The van der Waals surface area contributed by atoms with E-state index in [1.165, 1.54) is 29.5 Å². The van der Waals surface area contributed by atoms with Gasteiger partial charge in [-0.3, -0.25) is 9.59 Å². The molecule has 0 bridgehead atoms. The number of aliphatic carboxylic acids is 1. The maximum absolute atomic E-state index is 11.4. The molecule has 0 spiro atoms. The molecule has 0 unspecified atom stereocenters. The Labute approximate surface area is 228 Å². The molecule has 0 atom stereocenters. The van der Waals surface area contributed by atoms with Crippen molar-refractivity contribution in [3.63, 3.8) is 0 Å². The van der Waals surface area contributed by atoms with E-state index in [0.717, 1.165) is 24.3 Å². The van der Waals surface area contributed by atoms with Gasteiger partial charge in [-0.2, -0.15) is 0 Å². The smallest absolute Gasteiger partial charge is 0.303 e. The average Bonchev–Trinajstić information content (AvgIpc) is 3.52. The topological polar surface area (TPSA) is 57.6 Å². The first-order valence-corrected chi connectivity index (χ1v) is 13.5. The third kappa shape index (κ3) is 8.44. The van der Waals surface area contributed by atoms with Crippen molar-refractivity contribution < 1.29 is 14.7 Å². The minimum atomic E-state index is -0.696. The number of hydrogen-bond acceptors (Lipinski definition) is 2. The number of rotatable bonds is 5. The number of allylic oxidation sites excluding steroid dienone is 1. The highest BCUT2D eigenvalue weighted by Gasteiger charge is 2.26. The molecule has 0 saturated heterocycles. The summed E-state index contributed by atoms with van der Waals surface area (Å²) >= 11 is 0. The zero-order chi connectivity index (χ0) is 27.7. The molecule has 3 aromatic carbocycles. The van der Waals surface area contributed by atoms with E-state index in [0.29, 0.717) is 12.3 Å². The second kappa shape index (κ2) is 13.8. The van der Waals surface area contributed by atoms with Crippen LogP contribution >= 0.6 is 0 Å². The molecule has 0 fully saturated rings. The van der Waals surface area contributed by atoms with Gasteiger partial charge in [0.15, 0.2) is 0 Å². The van der Waals surface area contributed by atoms with Gasteiger partial charge in [0.25, 0.3) is 5.91 Å². The van der Waals surface area contributed by atoms with Gasteiger partial charge in [-0.05, 0) is 78.8 Å². The third-order valence-corrected chi connectivity index (χ3v) is 7.01.